The van der Waals surface area contributed by atoms with Crippen molar-refractivity contribution in [3.8, 4) is 0 Å². The van der Waals surface area contributed by atoms with Crippen molar-refractivity contribution >= 4 is 5.91 Å². The van der Waals surface area contributed by atoms with Crippen molar-refractivity contribution in [3.05, 3.63) is 0 Å². The second-order valence-electron chi connectivity index (χ2n) is 5.40. The number of halogens is 3. The summed E-state index contributed by atoms with van der Waals surface area (Å²) >= 11 is 0. The van der Waals surface area contributed by atoms with E-state index in [0.717, 1.165) is 0 Å². The van der Waals surface area contributed by atoms with Crippen LogP contribution in [0.2, 0.25) is 0 Å². The lowest BCUT2D eigenvalue weighted by Crippen LogP contribution is -2.41. The topological polar surface area (TPSA) is 58.4 Å². The zero-order valence-electron chi connectivity index (χ0n) is 11.3. The van der Waals surface area contributed by atoms with Gasteiger partial charge in [-0.15, -0.1) is 0 Å². The van der Waals surface area contributed by atoms with Gasteiger partial charge in [-0.3, -0.25) is 9.69 Å². The average Bonchev–Trinajstić information content (AvgIpc) is 2.69. The first-order valence-corrected chi connectivity index (χ1v) is 6.51. The first kappa shape index (κ1) is 16.2. The van der Waals surface area contributed by atoms with E-state index in [0.29, 0.717) is 26.1 Å². The third-order valence-electron chi connectivity index (χ3n) is 3.54. The maximum atomic E-state index is 12.2. The van der Waals surface area contributed by atoms with Gasteiger partial charge >= 0.3 is 6.18 Å². The van der Waals surface area contributed by atoms with Crippen LogP contribution in [0.5, 0.6) is 0 Å². The Kier molecular flexibility index (Phi) is 5.61. The van der Waals surface area contributed by atoms with E-state index < -0.39 is 12.7 Å². The van der Waals surface area contributed by atoms with Crippen molar-refractivity contribution in [1.82, 2.24) is 10.2 Å². The lowest BCUT2D eigenvalue weighted by atomic mass is 10.0. The SMILES string of the molecule is CC(N)C(C)C(=O)NCC1CCN(CC(F)(F)F)C1. The fourth-order valence-electron chi connectivity index (χ4n) is 2.12. The van der Waals surface area contributed by atoms with Gasteiger partial charge in [-0.25, -0.2) is 0 Å². The Morgan fingerprint density at radius 3 is 2.63 bits per heavy atom. The summed E-state index contributed by atoms with van der Waals surface area (Å²) in [7, 11) is 0. The number of nitrogens with one attached hydrogen (secondary N) is 1. The number of hydrogen-bond acceptors (Lipinski definition) is 3. The summed E-state index contributed by atoms with van der Waals surface area (Å²) in [5.41, 5.74) is 5.62. The molecular formula is C12H22F3N3O. The Hall–Kier alpha value is -0.820. The van der Waals surface area contributed by atoms with Crippen molar-refractivity contribution < 1.29 is 18.0 Å². The first-order valence-electron chi connectivity index (χ1n) is 6.51. The van der Waals surface area contributed by atoms with Crippen LogP contribution in [0, 0.1) is 11.8 Å². The smallest absolute Gasteiger partial charge is 0.355 e. The van der Waals surface area contributed by atoms with Gasteiger partial charge in [0.2, 0.25) is 5.91 Å². The molecule has 3 atom stereocenters. The highest BCUT2D eigenvalue weighted by atomic mass is 19.4. The van der Waals surface area contributed by atoms with Gasteiger partial charge in [-0.2, -0.15) is 13.2 Å². The minimum atomic E-state index is -4.15. The number of likely N-dealkylation sites (tertiary alicyclic amines) is 1. The van der Waals surface area contributed by atoms with Crippen molar-refractivity contribution in [2.45, 2.75) is 32.5 Å². The molecule has 1 rings (SSSR count). The van der Waals surface area contributed by atoms with Crippen LogP contribution >= 0.6 is 0 Å². The maximum Gasteiger partial charge on any atom is 0.401 e. The first-order chi connectivity index (χ1) is 8.69. The molecule has 1 amide bonds. The minimum Gasteiger partial charge on any atom is -0.355 e. The van der Waals surface area contributed by atoms with Gasteiger partial charge in [0.05, 0.1) is 6.54 Å². The van der Waals surface area contributed by atoms with Crippen LogP contribution in [0.4, 0.5) is 13.2 Å². The van der Waals surface area contributed by atoms with Crippen molar-refractivity contribution in [2.24, 2.45) is 17.6 Å². The van der Waals surface area contributed by atoms with Crippen LogP contribution in [-0.4, -0.2) is 49.2 Å². The van der Waals surface area contributed by atoms with Gasteiger partial charge in [-0.05, 0) is 25.8 Å². The van der Waals surface area contributed by atoms with E-state index in [1.54, 1.807) is 13.8 Å². The summed E-state index contributed by atoms with van der Waals surface area (Å²) in [6.07, 6.45) is -3.47. The highest BCUT2D eigenvalue weighted by Gasteiger charge is 2.34. The van der Waals surface area contributed by atoms with Gasteiger partial charge < -0.3 is 11.1 Å². The lowest BCUT2D eigenvalue weighted by Gasteiger charge is -2.19. The quantitative estimate of drug-likeness (QED) is 0.789. The van der Waals surface area contributed by atoms with E-state index in [2.05, 4.69) is 5.32 Å². The molecule has 3 N–H and O–H groups in total. The molecule has 112 valence electrons. The van der Waals surface area contributed by atoms with Crippen LogP contribution in [0.3, 0.4) is 0 Å². The van der Waals surface area contributed by atoms with Crippen LogP contribution in [-0.2, 0) is 4.79 Å². The largest absolute Gasteiger partial charge is 0.401 e. The predicted molar refractivity (Wildman–Crippen MR) is 66.4 cm³/mol. The zero-order chi connectivity index (χ0) is 14.6. The molecule has 0 aliphatic carbocycles. The number of nitrogens with zero attached hydrogens (tertiary/aromatic N) is 1. The Bertz CT molecular complexity index is 307. The summed E-state index contributed by atoms with van der Waals surface area (Å²) in [5.74, 6) is -0.330. The molecular weight excluding hydrogens is 259 g/mol. The Balaban J connectivity index is 2.27. The molecule has 0 aromatic carbocycles. The third kappa shape index (κ3) is 5.78. The number of rotatable bonds is 5. The molecule has 0 aromatic rings. The summed E-state index contributed by atoms with van der Waals surface area (Å²) in [4.78, 5) is 13.0. The maximum absolute atomic E-state index is 12.2. The molecule has 0 spiro atoms. The van der Waals surface area contributed by atoms with Crippen LogP contribution in [0.1, 0.15) is 20.3 Å². The Morgan fingerprint density at radius 2 is 2.11 bits per heavy atom. The molecule has 0 saturated carbocycles. The summed E-state index contributed by atoms with van der Waals surface area (Å²) in [5, 5.41) is 2.76. The predicted octanol–water partition coefficient (Wildman–Crippen LogP) is 0.970. The molecule has 19 heavy (non-hydrogen) atoms. The molecule has 0 bridgehead atoms. The number of hydrogen-bond donors (Lipinski definition) is 2. The van der Waals surface area contributed by atoms with Gasteiger partial charge in [0, 0.05) is 25.0 Å². The number of carbonyl (C=O) groups is 1. The average molecular weight is 281 g/mol. The molecule has 1 saturated heterocycles. The van der Waals surface area contributed by atoms with E-state index in [1.807, 2.05) is 0 Å². The van der Waals surface area contributed by atoms with Crippen LogP contribution in [0.15, 0.2) is 0 Å². The van der Waals surface area contributed by atoms with Crippen molar-refractivity contribution in [3.63, 3.8) is 0 Å². The highest BCUT2D eigenvalue weighted by molar-refractivity contribution is 5.78. The highest BCUT2D eigenvalue weighted by Crippen LogP contribution is 2.22. The van der Waals surface area contributed by atoms with E-state index in [4.69, 9.17) is 5.73 Å². The van der Waals surface area contributed by atoms with E-state index in [-0.39, 0.29) is 23.8 Å². The fourth-order valence-corrected chi connectivity index (χ4v) is 2.12. The molecule has 3 unspecified atom stereocenters. The normalized spacial score (nSPS) is 24.2. The molecule has 0 aromatic heterocycles. The fraction of sp³-hybridized carbons (Fsp3) is 0.917. The van der Waals surface area contributed by atoms with Gasteiger partial charge in [0.1, 0.15) is 0 Å². The summed E-state index contributed by atoms with van der Waals surface area (Å²) in [6, 6.07) is -0.231. The van der Waals surface area contributed by atoms with Crippen LogP contribution < -0.4 is 11.1 Å². The van der Waals surface area contributed by atoms with Gasteiger partial charge in [-0.1, -0.05) is 6.92 Å². The van der Waals surface area contributed by atoms with Crippen LogP contribution in [0.25, 0.3) is 0 Å². The standard InChI is InChI=1S/C12H22F3N3O/c1-8(9(2)16)11(19)17-5-10-3-4-18(6-10)7-12(13,14)15/h8-10H,3-7,16H2,1-2H3,(H,17,19). The number of alkyl halides is 3. The molecule has 1 aliphatic heterocycles. The molecule has 4 nitrogen and oxygen atoms in total. The van der Waals surface area contributed by atoms with Crippen molar-refractivity contribution in [1.29, 1.82) is 0 Å². The summed E-state index contributed by atoms with van der Waals surface area (Å²) in [6.45, 7) is 3.86. The Labute approximate surface area is 111 Å². The molecule has 7 heteroatoms. The second kappa shape index (κ2) is 6.56. The zero-order valence-corrected chi connectivity index (χ0v) is 11.3. The molecule has 1 fully saturated rings. The minimum absolute atomic E-state index is 0.0894. The second-order valence-corrected chi connectivity index (χ2v) is 5.40. The molecule has 1 heterocycles. The van der Waals surface area contributed by atoms with E-state index in [9.17, 15) is 18.0 Å². The monoisotopic (exact) mass is 281 g/mol. The number of nitrogens with two attached hydrogens (primary N) is 1. The van der Waals surface area contributed by atoms with Crippen molar-refractivity contribution in [2.75, 3.05) is 26.2 Å². The van der Waals surface area contributed by atoms with Gasteiger partial charge in [0.15, 0.2) is 0 Å². The third-order valence-corrected chi connectivity index (χ3v) is 3.54. The summed E-state index contributed by atoms with van der Waals surface area (Å²) < 4.78 is 36.7. The Morgan fingerprint density at radius 1 is 1.47 bits per heavy atom. The molecule has 0 radical (unpaired) electrons. The van der Waals surface area contributed by atoms with E-state index in [1.165, 1.54) is 4.90 Å². The molecule has 1 aliphatic rings. The number of amides is 1. The van der Waals surface area contributed by atoms with Gasteiger partial charge in [0.25, 0.3) is 0 Å². The lowest BCUT2D eigenvalue weighted by molar-refractivity contribution is -0.143. The number of carbonyl (C=O) groups excluding carboxylic acids is 1. The van der Waals surface area contributed by atoms with E-state index >= 15 is 0 Å².